The molecule has 2 aliphatic rings. The highest BCUT2D eigenvalue weighted by molar-refractivity contribution is 9.10. The summed E-state index contributed by atoms with van der Waals surface area (Å²) in [5.74, 6) is 1.08. The van der Waals surface area contributed by atoms with Crippen LogP contribution in [-0.4, -0.2) is 45.0 Å². The minimum Gasteiger partial charge on any atom is -0.349 e. The Morgan fingerprint density at radius 3 is 2.83 bits per heavy atom. The second-order valence-corrected chi connectivity index (χ2v) is 7.31. The lowest BCUT2D eigenvalue weighted by Gasteiger charge is -2.30. The van der Waals surface area contributed by atoms with E-state index in [0.717, 1.165) is 29.9 Å². The van der Waals surface area contributed by atoms with Gasteiger partial charge in [-0.15, -0.1) is 0 Å². The molecule has 5 nitrogen and oxygen atoms in total. The average Bonchev–Trinajstić information content (AvgIpc) is 3.29. The molecule has 1 atom stereocenters. The number of pyridine rings is 1. The van der Waals surface area contributed by atoms with Gasteiger partial charge in [0.25, 0.3) is 0 Å². The van der Waals surface area contributed by atoms with Gasteiger partial charge in [-0.05, 0) is 52.9 Å². The van der Waals surface area contributed by atoms with Crippen molar-refractivity contribution in [3.05, 3.63) is 47.1 Å². The van der Waals surface area contributed by atoms with E-state index in [2.05, 4.69) is 46.7 Å². The molecule has 2 aromatic heterocycles. The summed E-state index contributed by atoms with van der Waals surface area (Å²) < 4.78 is 1.05. The molecular formula is C17H20BrN5. The number of hydrogen-bond acceptors (Lipinski definition) is 5. The van der Waals surface area contributed by atoms with Crippen molar-refractivity contribution < 1.29 is 0 Å². The third-order valence-electron chi connectivity index (χ3n) is 4.58. The molecule has 0 amide bonds. The largest absolute Gasteiger partial charge is 0.349 e. The molecule has 6 heteroatoms. The van der Waals surface area contributed by atoms with E-state index in [9.17, 15) is 0 Å². The highest BCUT2D eigenvalue weighted by Gasteiger charge is 2.37. The van der Waals surface area contributed by atoms with Gasteiger partial charge in [0.2, 0.25) is 0 Å². The van der Waals surface area contributed by atoms with E-state index in [1.54, 1.807) is 6.33 Å². The number of rotatable bonds is 5. The minimum atomic E-state index is 0.553. The lowest BCUT2D eigenvalue weighted by Crippen LogP contribution is -2.39. The molecule has 1 aliphatic carbocycles. The van der Waals surface area contributed by atoms with Crippen LogP contribution in [0.4, 0.5) is 5.82 Å². The summed E-state index contributed by atoms with van der Waals surface area (Å²) in [4.78, 5) is 17.9. The maximum Gasteiger partial charge on any atom is 0.132 e. The highest BCUT2D eigenvalue weighted by Crippen LogP contribution is 2.34. The van der Waals surface area contributed by atoms with E-state index < -0.39 is 0 Å². The van der Waals surface area contributed by atoms with Gasteiger partial charge < -0.3 is 4.90 Å². The number of hydrogen-bond donors (Lipinski definition) is 0. The van der Waals surface area contributed by atoms with Gasteiger partial charge >= 0.3 is 0 Å². The zero-order valence-electron chi connectivity index (χ0n) is 13.0. The molecular weight excluding hydrogens is 354 g/mol. The van der Waals surface area contributed by atoms with Gasteiger partial charge in [-0.1, -0.05) is 0 Å². The van der Waals surface area contributed by atoms with Crippen molar-refractivity contribution in [1.29, 1.82) is 0 Å². The summed E-state index contributed by atoms with van der Waals surface area (Å²) in [5.41, 5.74) is 1.26. The molecule has 120 valence electrons. The molecule has 4 rings (SSSR count). The topological polar surface area (TPSA) is 45.2 Å². The van der Waals surface area contributed by atoms with Crippen LogP contribution >= 0.6 is 15.9 Å². The molecule has 2 aromatic rings. The van der Waals surface area contributed by atoms with E-state index in [1.165, 1.54) is 24.8 Å². The molecule has 0 bridgehead atoms. The Morgan fingerprint density at radius 2 is 2.09 bits per heavy atom. The van der Waals surface area contributed by atoms with E-state index >= 15 is 0 Å². The van der Waals surface area contributed by atoms with Gasteiger partial charge in [0.1, 0.15) is 12.1 Å². The summed E-state index contributed by atoms with van der Waals surface area (Å²) >= 11 is 3.50. The summed E-state index contributed by atoms with van der Waals surface area (Å²) in [6.45, 7) is 3.18. The number of nitrogens with zero attached hydrogens (tertiary/aromatic N) is 5. The maximum atomic E-state index is 4.49. The molecule has 1 unspecified atom stereocenters. The van der Waals surface area contributed by atoms with Gasteiger partial charge in [0.15, 0.2) is 0 Å². The van der Waals surface area contributed by atoms with Crippen LogP contribution in [0.3, 0.4) is 0 Å². The SMILES string of the molecule is Brc1cncc(CN2CCC(N(c3ccncn3)C3CC3)C2)c1. The third kappa shape index (κ3) is 3.53. The Morgan fingerprint density at radius 1 is 1.17 bits per heavy atom. The molecule has 0 aromatic carbocycles. The lowest BCUT2D eigenvalue weighted by atomic mass is 10.2. The van der Waals surface area contributed by atoms with Crippen LogP contribution in [0.15, 0.2) is 41.5 Å². The molecule has 0 spiro atoms. The van der Waals surface area contributed by atoms with Crippen molar-refractivity contribution in [1.82, 2.24) is 19.9 Å². The van der Waals surface area contributed by atoms with Crippen molar-refractivity contribution in [3.63, 3.8) is 0 Å². The number of anilines is 1. The zero-order chi connectivity index (χ0) is 15.6. The van der Waals surface area contributed by atoms with E-state index in [1.807, 2.05) is 24.7 Å². The fraction of sp³-hybridized carbons (Fsp3) is 0.471. The first-order chi connectivity index (χ1) is 11.3. The predicted octanol–water partition coefficient (Wildman–Crippen LogP) is 2.88. The predicted molar refractivity (Wildman–Crippen MR) is 93.2 cm³/mol. The molecule has 1 aliphatic heterocycles. The normalized spacial score (nSPS) is 21.5. The summed E-state index contributed by atoms with van der Waals surface area (Å²) in [7, 11) is 0. The summed E-state index contributed by atoms with van der Waals surface area (Å²) in [6.07, 6.45) is 11.1. The van der Waals surface area contributed by atoms with Crippen molar-refractivity contribution in [3.8, 4) is 0 Å². The van der Waals surface area contributed by atoms with Gasteiger partial charge in [-0.2, -0.15) is 0 Å². The maximum absolute atomic E-state index is 4.49. The van der Waals surface area contributed by atoms with Gasteiger partial charge in [-0.3, -0.25) is 9.88 Å². The molecule has 2 fully saturated rings. The van der Waals surface area contributed by atoms with E-state index in [4.69, 9.17) is 0 Å². The van der Waals surface area contributed by atoms with Crippen LogP contribution in [0.1, 0.15) is 24.8 Å². The van der Waals surface area contributed by atoms with Crippen molar-refractivity contribution in [2.45, 2.75) is 37.9 Å². The first-order valence-corrected chi connectivity index (χ1v) is 8.95. The van der Waals surface area contributed by atoms with E-state index in [-0.39, 0.29) is 0 Å². The molecule has 0 radical (unpaired) electrons. The Balaban J connectivity index is 1.44. The van der Waals surface area contributed by atoms with Gasteiger partial charge in [0.05, 0.1) is 0 Å². The third-order valence-corrected chi connectivity index (χ3v) is 5.01. The minimum absolute atomic E-state index is 0.553. The molecule has 1 saturated carbocycles. The second kappa shape index (κ2) is 6.53. The zero-order valence-corrected chi connectivity index (χ0v) is 14.6. The monoisotopic (exact) mass is 373 g/mol. The number of aromatic nitrogens is 3. The first kappa shape index (κ1) is 15.0. The van der Waals surface area contributed by atoms with Crippen molar-refractivity contribution in [2.75, 3.05) is 18.0 Å². The van der Waals surface area contributed by atoms with Crippen LogP contribution < -0.4 is 4.90 Å². The summed E-state index contributed by atoms with van der Waals surface area (Å²) in [6, 6.07) is 5.42. The van der Waals surface area contributed by atoms with Crippen LogP contribution in [0.5, 0.6) is 0 Å². The van der Waals surface area contributed by atoms with Crippen LogP contribution in [-0.2, 0) is 6.54 Å². The Kier molecular flexibility index (Phi) is 4.27. The Hall–Kier alpha value is -1.53. The first-order valence-electron chi connectivity index (χ1n) is 8.16. The Bertz CT molecular complexity index is 661. The second-order valence-electron chi connectivity index (χ2n) is 6.40. The van der Waals surface area contributed by atoms with Gasteiger partial charge in [-0.25, -0.2) is 9.97 Å². The summed E-state index contributed by atoms with van der Waals surface area (Å²) in [5, 5.41) is 0. The number of halogens is 1. The molecule has 0 N–H and O–H groups in total. The highest BCUT2D eigenvalue weighted by atomic mass is 79.9. The molecule has 23 heavy (non-hydrogen) atoms. The number of likely N-dealkylation sites (tertiary alicyclic amines) is 1. The van der Waals surface area contributed by atoms with Crippen molar-refractivity contribution in [2.24, 2.45) is 0 Å². The fourth-order valence-electron chi connectivity index (χ4n) is 3.44. The molecule has 1 saturated heterocycles. The smallest absolute Gasteiger partial charge is 0.132 e. The fourth-order valence-corrected chi connectivity index (χ4v) is 3.86. The standard InChI is InChI=1S/C17H20BrN5/c18-14-7-13(8-20-9-14)10-22-6-4-16(11-22)23(15-1-2-15)17-3-5-19-12-21-17/h3,5,7-9,12,15-16H,1-2,4,6,10-11H2. The van der Waals surface area contributed by atoms with E-state index in [0.29, 0.717) is 12.1 Å². The Labute approximate surface area is 144 Å². The van der Waals surface area contributed by atoms with Crippen LogP contribution in [0, 0.1) is 0 Å². The molecule has 3 heterocycles. The quantitative estimate of drug-likeness (QED) is 0.806. The lowest BCUT2D eigenvalue weighted by molar-refractivity contribution is 0.324. The van der Waals surface area contributed by atoms with Crippen LogP contribution in [0.25, 0.3) is 0 Å². The van der Waals surface area contributed by atoms with Gasteiger partial charge in [0, 0.05) is 54.8 Å². The average molecular weight is 374 g/mol. The van der Waals surface area contributed by atoms with Crippen molar-refractivity contribution >= 4 is 21.7 Å². The van der Waals surface area contributed by atoms with Crippen LogP contribution in [0.2, 0.25) is 0 Å².